The molecule has 1 aromatic rings. The van der Waals surface area contributed by atoms with Crippen molar-refractivity contribution in [2.45, 2.75) is 130 Å². The molecule has 1 heterocycles. The zero-order valence-electron chi connectivity index (χ0n) is 25.8. The Morgan fingerprint density at radius 1 is 1.10 bits per heavy atom. The zero-order valence-corrected chi connectivity index (χ0v) is 25.8. The van der Waals surface area contributed by atoms with Gasteiger partial charge in [0.15, 0.2) is 0 Å². The summed E-state index contributed by atoms with van der Waals surface area (Å²) >= 11 is 0. The van der Waals surface area contributed by atoms with Gasteiger partial charge in [-0.3, -0.25) is 0 Å². The number of aromatic nitrogens is 2. The molecule has 5 rings (SSSR count). The lowest BCUT2D eigenvalue weighted by molar-refractivity contribution is -0.220. The molecule has 0 amide bonds. The minimum atomic E-state index is -0.574. The first-order valence-electron chi connectivity index (χ1n) is 16.7. The van der Waals surface area contributed by atoms with Crippen molar-refractivity contribution in [2.75, 3.05) is 19.8 Å². The molecule has 0 radical (unpaired) electrons. The van der Waals surface area contributed by atoms with E-state index < -0.39 is 5.60 Å². The van der Waals surface area contributed by atoms with Crippen LogP contribution < -0.4 is 5.32 Å². The highest BCUT2D eigenvalue weighted by atomic mass is 16.5. The Morgan fingerprint density at radius 3 is 2.69 bits per heavy atom. The summed E-state index contributed by atoms with van der Waals surface area (Å²) < 4.78 is 5.67. The second-order valence-electron chi connectivity index (χ2n) is 14.9. The summed E-state index contributed by atoms with van der Waals surface area (Å²) in [5.74, 6) is 4.59. The largest absolute Gasteiger partial charge is 0.388 e. The van der Waals surface area contributed by atoms with Crippen LogP contribution in [0.25, 0.3) is 0 Å². The standard InChI is InChI=1S/C34H59N3O2/c1-6-39-22-24(2)10-9-11-25(3)28-12-13-29-27-20-31(36-19-15-26-21-35-23-37-26)34(38)17-8-7-16-33(34,5)30(27)14-18-32(28,29)4/h21,23-25,27-31,36,38H,6-20,22H2,1-5H3,(H,35,37)/t24?,25-,27+,28-,29+,30+,31-,32-,33-,34+/m1/s1. The second kappa shape index (κ2) is 12.1. The number of H-pyrrole nitrogens is 1. The Kier molecular flexibility index (Phi) is 9.20. The third-order valence-corrected chi connectivity index (χ3v) is 12.9. The van der Waals surface area contributed by atoms with Crippen molar-refractivity contribution in [3.05, 3.63) is 18.2 Å². The average Bonchev–Trinajstić information content (AvgIpc) is 3.55. The van der Waals surface area contributed by atoms with Gasteiger partial charge in [-0.2, -0.15) is 0 Å². The molecule has 4 aliphatic carbocycles. The molecule has 1 aromatic heterocycles. The minimum Gasteiger partial charge on any atom is -0.388 e. The molecular weight excluding hydrogens is 482 g/mol. The van der Waals surface area contributed by atoms with Crippen molar-refractivity contribution in [1.29, 1.82) is 0 Å². The highest BCUT2D eigenvalue weighted by molar-refractivity contribution is 5.18. The summed E-state index contributed by atoms with van der Waals surface area (Å²) in [4.78, 5) is 7.52. The van der Waals surface area contributed by atoms with Gasteiger partial charge in [-0.25, -0.2) is 4.98 Å². The van der Waals surface area contributed by atoms with E-state index in [9.17, 15) is 5.11 Å². The fourth-order valence-electron chi connectivity index (χ4n) is 10.8. The van der Waals surface area contributed by atoms with Crippen molar-refractivity contribution >= 4 is 0 Å². The SMILES string of the molecule is CCOCC(C)CCC[C@@H](C)[C@H]1CC[C@H]2[C@@H]3C[C@@H](NCCc4c[nH]cn4)[C@@]4(O)CCCC[C@]4(C)[C@H]3CC[C@]12C. The van der Waals surface area contributed by atoms with E-state index in [1.54, 1.807) is 6.33 Å². The maximum atomic E-state index is 12.5. The lowest BCUT2D eigenvalue weighted by Gasteiger charge is -2.66. The Balaban J connectivity index is 1.28. The predicted molar refractivity (Wildman–Crippen MR) is 159 cm³/mol. The second-order valence-corrected chi connectivity index (χ2v) is 14.9. The molecule has 5 heteroatoms. The van der Waals surface area contributed by atoms with E-state index in [2.05, 4.69) is 49.9 Å². The van der Waals surface area contributed by atoms with Gasteiger partial charge in [-0.1, -0.05) is 53.4 Å². The molecule has 5 nitrogen and oxygen atoms in total. The lowest BCUT2D eigenvalue weighted by Crippen LogP contribution is -2.70. The van der Waals surface area contributed by atoms with Gasteiger partial charge >= 0.3 is 0 Å². The van der Waals surface area contributed by atoms with Crippen LogP contribution in [0.1, 0.15) is 117 Å². The fraction of sp³-hybridized carbons (Fsp3) is 0.912. The Bertz CT molecular complexity index is 906. The van der Waals surface area contributed by atoms with Crippen LogP contribution in [0.4, 0.5) is 0 Å². The Labute approximate surface area is 239 Å². The molecule has 0 saturated heterocycles. The van der Waals surface area contributed by atoms with Crippen molar-refractivity contribution in [2.24, 2.45) is 46.3 Å². The van der Waals surface area contributed by atoms with Crippen LogP contribution >= 0.6 is 0 Å². The quantitative estimate of drug-likeness (QED) is 0.262. The number of nitrogens with zero attached hydrogens (tertiary/aromatic N) is 1. The molecule has 10 atom stereocenters. The van der Waals surface area contributed by atoms with Gasteiger partial charge in [0, 0.05) is 43.8 Å². The van der Waals surface area contributed by atoms with Crippen molar-refractivity contribution < 1.29 is 9.84 Å². The predicted octanol–water partition coefficient (Wildman–Crippen LogP) is 7.16. The summed E-state index contributed by atoms with van der Waals surface area (Å²) in [6.07, 6.45) is 20.0. The summed E-state index contributed by atoms with van der Waals surface area (Å²) in [6, 6.07) is 0.202. The van der Waals surface area contributed by atoms with Gasteiger partial charge in [-0.15, -0.1) is 0 Å². The van der Waals surface area contributed by atoms with Gasteiger partial charge < -0.3 is 20.1 Å². The van der Waals surface area contributed by atoms with Crippen LogP contribution in [-0.4, -0.2) is 46.5 Å². The van der Waals surface area contributed by atoms with E-state index in [1.165, 1.54) is 64.2 Å². The smallest absolute Gasteiger partial charge is 0.0923 e. The molecule has 4 saturated carbocycles. The first kappa shape index (κ1) is 29.6. The van der Waals surface area contributed by atoms with E-state index in [-0.39, 0.29) is 11.5 Å². The van der Waals surface area contributed by atoms with Gasteiger partial charge in [0.25, 0.3) is 0 Å². The van der Waals surface area contributed by atoms with Crippen molar-refractivity contribution in [3.8, 4) is 0 Å². The summed E-state index contributed by atoms with van der Waals surface area (Å²) in [6.45, 7) is 14.8. The van der Waals surface area contributed by atoms with Crippen LogP contribution in [0.5, 0.6) is 0 Å². The van der Waals surface area contributed by atoms with Gasteiger partial charge in [-0.05, 0) is 99.2 Å². The molecule has 0 aromatic carbocycles. The third kappa shape index (κ3) is 5.50. The van der Waals surface area contributed by atoms with Crippen LogP contribution in [0.2, 0.25) is 0 Å². The summed E-state index contributed by atoms with van der Waals surface area (Å²) in [5, 5.41) is 16.4. The molecule has 1 unspecified atom stereocenters. The number of nitrogens with one attached hydrogen (secondary N) is 2. The highest BCUT2D eigenvalue weighted by Crippen LogP contribution is 2.69. The molecule has 0 aliphatic heterocycles. The van der Waals surface area contributed by atoms with E-state index in [4.69, 9.17) is 4.74 Å². The van der Waals surface area contributed by atoms with Gasteiger partial charge in [0.2, 0.25) is 0 Å². The summed E-state index contributed by atoms with van der Waals surface area (Å²) in [7, 11) is 0. The van der Waals surface area contributed by atoms with Crippen molar-refractivity contribution in [1.82, 2.24) is 15.3 Å². The van der Waals surface area contributed by atoms with Crippen molar-refractivity contribution in [3.63, 3.8) is 0 Å². The van der Waals surface area contributed by atoms with E-state index >= 15 is 0 Å². The number of hydrogen-bond donors (Lipinski definition) is 3. The minimum absolute atomic E-state index is 0.0416. The normalized spacial score (nSPS) is 41.4. The number of imidazole rings is 1. The maximum Gasteiger partial charge on any atom is 0.0923 e. The van der Waals surface area contributed by atoms with Crippen LogP contribution in [0.15, 0.2) is 12.5 Å². The van der Waals surface area contributed by atoms with Gasteiger partial charge in [0.05, 0.1) is 17.6 Å². The molecule has 0 bridgehead atoms. The molecule has 4 aliphatic rings. The highest BCUT2D eigenvalue weighted by Gasteiger charge is 2.66. The number of aliphatic hydroxyl groups is 1. The number of rotatable bonds is 12. The van der Waals surface area contributed by atoms with Crippen LogP contribution in [-0.2, 0) is 11.2 Å². The lowest BCUT2D eigenvalue weighted by atomic mass is 9.42. The first-order chi connectivity index (χ1) is 18.7. The Morgan fingerprint density at radius 2 is 1.92 bits per heavy atom. The maximum absolute atomic E-state index is 12.5. The summed E-state index contributed by atoms with van der Waals surface area (Å²) in [5.41, 5.74) is 1.05. The molecule has 222 valence electrons. The third-order valence-electron chi connectivity index (χ3n) is 12.9. The molecular formula is C34H59N3O2. The van der Waals surface area contributed by atoms with E-state index in [0.717, 1.165) is 68.4 Å². The molecule has 4 fully saturated rings. The van der Waals surface area contributed by atoms with Crippen LogP contribution in [0, 0.1) is 46.3 Å². The topological polar surface area (TPSA) is 70.2 Å². The molecule has 3 N–H and O–H groups in total. The number of ether oxygens (including phenoxy) is 1. The zero-order chi connectivity index (χ0) is 27.7. The van der Waals surface area contributed by atoms with Crippen LogP contribution in [0.3, 0.4) is 0 Å². The van der Waals surface area contributed by atoms with E-state index in [0.29, 0.717) is 17.3 Å². The van der Waals surface area contributed by atoms with E-state index in [1.807, 2.05) is 6.20 Å². The molecule has 39 heavy (non-hydrogen) atoms. The number of aromatic amines is 1. The monoisotopic (exact) mass is 541 g/mol. The number of fused-ring (bicyclic) bond motifs is 5. The molecule has 0 spiro atoms. The fourth-order valence-corrected chi connectivity index (χ4v) is 10.8. The average molecular weight is 542 g/mol. The first-order valence-corrected chi connectivity index (χ1v) is 16.7. The van der Waals surface area contributed by atoms with Gasteiger partial charge in [0.1, 0.15) is 0 Å². The Hall–Kier alpha value is -0.910. The number of hydrogen-bond acceptors (Lipinski definition) is 4.